The first-order valence-corrected chi connectivity index (χ1v) is 8.23. The number of nitrogens with one attached hydrogen (secondary N) is 1. The van der Waals surface area contributed by atoms with Gasteiger partial charge in [-0.25, -0.2) is 8.42 Å². The van der Waals surface area contributed by atoms with Crippen LogP contribution in [0.3, 0.4) is 0 Å². The van der Waals surface area contributed by atoms with Crippen molar-refractivity contribution in [1.29, 1.82) is 0 Å². The molecule has 0 bridgehead atoms. The molecule has 7 heteroatoms. The van der Waals surface area contributed by atoms with E-state index in [1.54, 1.807) is 42.5 Å². The SMILES string of the molecule is O=C(O)C(NS(=O)(=O)c1cccc(Br)c1)c1ccccc1. The van der Waals surface area contributed by atoms with Crippen molar-refractivity contribution in [2.24, 2.45) is 0 Å². The van der Waals surface area contributed by atoms with Gasteiger partial charge in [0.25, 0.3) is 0 Å². The molecule has 0 aliphatic heterocycles. The number of carboxylic acids is 1. The van der Waals surface area contributed by atoms with Crippen LogP contribution in [0.4, 0.5) is 0 Å². The van der Waals surface area contributed by atoms with Crippen molar-refractivity contribution in [3.63, 3.8) is 0 Å². The van der Waals surface area contributed by atoms with Gasteiger partial charge in [0.05, 0.1) is 4.90 Å². The van der Waals surface area contributed by atoms with Crippen molar-refractivity contribution in [3.8, 4) is 0 Å². The van der Waals surface area contributed by atoms with Gasteiger partial charge < -0.3 is 5.11 Å². The standard InChI is InChI=1S/C14H12BrNO4S/c15-11-7-4-8-12(9-11)21(19,20)16-13(14(17)18)10-5-2-1-3-6-10/h1-9,13,16H,(H,17,18). The summed E-state index contributed by atoms with van der Waals surface area (Å²) >= 11 is 3.19. The number of carbonyl (C=O) groups is 1. The molecule has 2 aromatic carbocycles. The Bertz CT molecular complexity index is 747. The average molecular weight is 370 g/mol. The Morgan fingerprint density at radius 2 is 1.76 bits per heavy atom. The van der Waals surface area contributed by atoms with E-state index in [4.69, 9.17) is 0 Å². The summed E-state index contributed by atoms with van der Waals surface area (Å²) in [6.45, 7) is 0. The first-order chi connectivity index (χ1) is 9.90. The van der Waals surface area contributed by atoms with Crippen LogP contribution >= 0.6 is 15.9 Å². The van der Waals surface area contributed by atoms with Gasteiger partial charge in [-0.05, 0) is 23.8 Å². The van der Waals surface area contributed by atoms with Gasteiger partial charge in [-0.3, -0.25) is 4.79 Å². The Hall–Kier alpha value is -1.70. The highest BCUT2D eigenvalue weighted by Gasteiger charge is 2.26. The summed E-state index contributed by atoms with van der Waals surface area (Å²) in [5.41, 5.74) is 0.364. The van der Waals surface area contributed by atoms with Gasteiger partial charge in [-0.2, -0.15) is 4.72 Å². The first-order valence-electron chi connectivity index (χ1n) is 5.96. The largest absolute Gasteiger partial charge is 0.480 e. The van der Waals surface area contributed by atoms with E-state index in [0.29, 0.717) is 10.0 Å². The molecule has 0 amide bonds. The van der Waals surface area contributed by atoms with E-state index in [-0.39, 0.29) is 4.90 Å². The normalized spacial score (nSPS) is 12.8. The molecule has 0 aromatic heterocycles. The van der Waals surface area contributed by atoms with Crippen LogP contribution in [0.25, 0.3) is 0 Å². The maximum atomic E-state index is 12.3. The molecular formula is C14H12BrNO4S. The number of hydrogen-bond donors (Lipinski definition) is 2. The quantitative estimate of drug-likeness (QED) is 0.848. The van der Waals surface area contributed by atoms with E-state index in [9.17, 15) is 18.3 Å². The Balaban J connectivity index is 2.35. The molecule has 2 aromatic rings. The molecule has 21 heavy (non-hydrogen) atoms. The fourth-order valence-electron chi connectivity index (χ4n) is 1.76. The lowest BCUT2D eigenvalue weighted by Crippen LogP contribution is -2.33. The van der Waals surface area contributed by atoms with Crippen LogP contribution in [0, 0.1) is 0 Å². The smallest absolute Gasteiger partial charge is 0.326 e. The van der Waals surface area contributed by atoms with Crippen molar-refractivity contribution in [2.75, 3.05) is 0 Å². The predicted octanol–water partition coefficient (Wildman–Crippen LogP) is 2.55. The fraction of sp³-hybridized carbons (Fsp3) is 0.0714. The number of halogens is 1. The van der Waals surface area contributed by atoms with Crippen LogP contribution in [0.2, 0.25) is 0 Å². The van der Waals surface area contributed by atoms with Gasteiger partial charge in [0.1, 0.15) is 6.04 Å². The van der Waals surface area contributed by atoms with Crippen molar-refractivity contribution >= 4 is 31.9 Å². The Morgan fingerprint density at radius 3 is 2.33 bits per heavy atom. The van der Waals surface area contributed by atoms with Gasteiger partial charge in [0.2, 0.25) is 10.0 Å². The molecule has 0 saturated heterocycles. The second-order valence-electron chi connectivity index (χ2n) is 4.26. The summed E-state index contributed by atoms with van der Waals surface area (Å²) in [6.07, 6.45) is 0. The molecular weight excluding hydrogens is 358 g/mol. The molecule has 2 N–H and O–H groups in total. The number of rotatable bonds is 5. The van der Waals surface area contributed by atoms with E-state index in [0.717, 1.165) is 0 Å². The fourth-order valence-corrected chi connectivity index (χ4v) is 3.54. The van der Waals surface area contributed by atoms with Crippen LogP contribution < -0.4 is 4.72 Å². The minimum Gasteiger partial charge on any atom is -0.480 e. The van der Waals surface area contributed by atoms with E-state index in [1.165, 1.54) is 12.1 Å². The maximum Gasteiger partial charge on any atom is 0.326 e. The third-order valence-electron chi connectivity index (χ3n) is 2.76. The molecule has 5 nitrogen and oxygen atoms in total. The molecule has 110 valence electrons. The maximum absolute atomic E-state index is 12.3. The minimum atomic E-state index is -3.94. The zero-order valence-corrected chi connectivity index (χ0v) is 13.1. The Labute approximate surface area is 130 Å². The highest BCUT2D eigenvalue weighted by atomic mass is 79.9. The third-order valence-corrected chi connectivity index (χ3v) is 4.67. The molecule has 0 radical (unpaired) electrons. The van der Waals surface area contributed by atoms with Crippen molar-refractivity contribution < 1.29 is 18.3 Å². The van der Waals surface area contributed by atoms with Gasteiger partial charge in [-0.15, -0.1) is 0 Å². The molecule has 1 unspecified atom stereocenters. The van der Waals surface area contributed by atoms with E-state index >= 15 is 0 Å². The lowest BCUT2D eigenvalue weighted by Gasteiger charge is -2.15. The van der Waals surface area contributed by atoms with E-state index in [2.05, 4.69) is 20.7 Å². The average Bonchev–Trinajstić information content (AvgIpc) is 2.45. The lowest BCUT2D eigenvalue weighted by atomic mass is 10.1. The van der Waals surface area contributed by atoms with Gasteiger partial charge in [0, 0.05) is 4.47 Å². The summed E-state index contributed by atoms with van der Waals surface area (Å²) in [4.78, 5) is 11.3. The van der Waals surface area contributed by atoms with Crippen LogP contribution in [-0.2, 0) is 14.8 Å². The molecule has 1 atom stereocenters. The summed E-state index contributed by atoms with van der Waals surface area (Å²) in [5, 5.41) is 9.26. The number of carboxylic acid groups (broad SMARTS) is 1. The van der Waals surface area contributed by atoms with Crippen molar-refractivity contribution in [3.05, 3.63) is 64.6 Å². The summed E-state index contributed by atoms with van der Waals surface area (Å²) in [6, 6.07) is 12.9. The lowest BCUT2D eigenvalue weighted by molar-refractivity contribution is -0.139. The molecule has 0 fully saturated rings. The Morgan fingerprint density at radius 1 is 1.10 bits per heavy atom. The van der Waals surface area contributed by atoms with Gasteiger partial charge in [-0.1, -0.05) is 52.3 Å². The molecule has 0 aliphatic rings. The summed E-state index contributed by atoms with van der Waals surface area (Å²) in [7, 11) is -3.94. The highest BCUT2D eigenvalue weighted by Crippen LogP contribution is 2.20. The number of hydrogen-bond acceptors (Lipinski definition) is 3. The minimum absolute atomic E-state index is 0.000874. The molecule has 2 rings (SSSR count). The predicted molar refractivity (Wildman–Crippen MR) is 81.3 cm³/mol. The van der Waals surface area contributed by atoms with Gasteiger partial charge >= 0.3 is 5.97 Å². The zero-order valence-electron chi connectivity index (χ0n) is 10.7. The number of sulfonamides is 1. The number of aliphatic carboxylic acids is 1. The second-order valence-corrected chi connectivity index (χ2v) is 6.89. The monoisotopic (exact) mass is 369 g/mol. The summed E-state index contributed by atoms with van der Waals surface area (Å²) in [5.74, 6) is -1.26. The van der Waals surface area contributed by atoms with Crippen LogP contribution in [0.1, 0.15) is 11.6 Å². The zero-order chi connectivity index (χ0) is 15.5. The molecule has 0 spiro atoms. The van der Waals surface area contributed by atoms with E-state index < -0.39 is 22.0 Å². The topological polar surface area (TPSA) is 83.5 Å². The summed E-state index contributed by atoms with van der Waals surface area (Å²) < 4.78 is 27.4. The number of benzene rings is 2. The van der Waals surface area contributed by atoms with Gasteiger partial charge in [0.15, 0.2) is 0 Å². The third kappa shape index (κ3) is 3.90. The molecule has 0 saturated carbocycles. The first kappa shape index (κ1) is 15.7. The van der Waals surface area contributed by atoms with Crippen LogP contribution in [0.15, 0.2) is 64.0 Å². The highest BCUT2D eigenvalue weighted by molar-refractivity contribution is 9.10. The molecule has 0 aliphatic carbocycles. The van der Waals surface area contributed by atoms with Crippen LogP contribution in [-0.4, -0.2) is 19.5 Å². The van der Waals surface area contributed by atoms with Crippen molar-refractivity contribution in [2.45, 2.75) is 10.9 Å². The van der Waals surface area contributed by atoms with Crippen molar-refractivity contribution in [1.82, 2.24) is 4.72 Å². The Kier molecular flexibility index (Phi) is 4.76. The second kappa shape index (κ2) is 6.38. The van der Waals surface area contributed by atoms with Crippen LogP contribution in [0.5, 0.6) is 0 Å². The van der Waals surface area contributed by atoms with E-state index in [1.807, 2.05) is 0 Å². The molecule has 0 heterocycles.